The van der Waals surface area contributed by atoms with Gasteiger partial charge in [0, 0.05) is 12.1 Å². The molecule has 0 fully saturated rings. The Morgan fingerprint density at radius 1 is 1.47 bits per heavy atom. The predicted molar refractivity (Wildman–Crippen MR) is 53.0 cm³/mol. The van der Waals surface area contributed by atoms with E-state index in [-0.39, 0.29) is 0 Å². The normalized spacial score (nSPS) is 10.9. The number of hydrogen-bond acceptors (Lipinski definition) is 5. The van der Waals surface area contributed by atoms with Crippen molar-refractivity contribution in [1.29, 1.82) is 0 Å². The molecule has 2 aromatic heterocycles. The van der Waals surface area contributed by atoms with Crippen LogP contribution in [0, 0.1) is 13.8 Å². The highest BCUT2D eigenvalue weighted by Crippen LogP contribution is 2.13. The summed E-state index contributed by atoms with van der Waals surface area (Å²) in [5.74, 6) is 0.817. The predicted octanol–water partition coefficient (Wildman–Crippen LogP) is 0.390. The molecule has 6 heteroatoms. The van der Waals surface area contributed by atoms with Crippen molar-refractivity contribution in [2.24, 2.45) is 5.73 Å². The van der Waals surface area contributed by atoms with Crippen LogP contribution >= 0.6 is 0 Å². The first-order valence-electron chi connectivity index (χ1n) is 4.71. The molecule has 0 aliphatic carbocycles. The summed E-state index contributed by atoms with van der Waals surface area (Å²) >= 11 is 0. The van der Waals surface area contributed by atoms with E-state index >= 15 is 0 Å². The first-order valence-corrected chi connectivity index (χ1v) is 4.71. The van der Waals surface area contributed by atoms with Crippen LogP contribution in [-0.4, -0.2) is 20.2 Å². The summed E-state index contributed by atoms with van der Waals surface area (Å²) in [5.41, 5.74) is 8.16. The largest absolute Gasteiger partial charge is 0.361 e. The Hall–Kier alpha value is -1.69. The van der Waals surface area contributed by atoms with Crippen LogP contribution in [0.2, 0.25) is 0 Å². The molecule has 15 heavy (non-hydrogen) atoms. The summed E-state index contributed by atoms with van der Waals surface area (Å²) in [6, 6.07) is 0. The van der Waals surface area contributed by atoms with Gasteiger partial charge < -0.3 is 10.3 Å². The Balaban J connectivity index is 2.21. The van der Waals surface area contributed by atoms with Crippen molar-refractivity contribution in [2.75, 3.05) is 0 Å². The lowest BCUT2D eigenvalue weighted by Gasteiger charge is -1.98. The zero-order chi connectivity index (χ0) is 10.8. The molecular weight excluding hydrogens is 194 g/mol. The van der Waals surface area contributed by atoms with Crippen molar-refractivity contribution in [3.8, 4) is 0 Å². The number of rotatable bonds is 3. The van der Waals surface area contributed by atoms with E-state index in [1.54, 1.807) is 4.68 Å². The van der Waals surface area contributed by atoms with Gasteiger partial charge in [-0.2, -0.15) is 0 Å². The van der Waals surface area contributed by atoms with Gasteiger partial charge in [-0.1, -0.05) is 10.4 Å². The van der Waals surface area contributed by atoms with Gasteiger partial charge >= 0.3 is 0 Å². The average molecular weight is 207 g/mol. The number of aromatic nitrogens is 4. The summed E-state index contributed by atoms with van der Waals surface area (Å²) in [5, 5.41) is 11.8. The van der Waals surface area contributed by atoms with Crippen molar-refractivity contribution in [1.82, 2.24) is 20.2 Å². The quantitative estimate of drug-likeness (QED) is 0.787. The van der Waals surface area contributed by atoms with Crippen LogP contribution in [0.3, 0.4) is 0 Å². The monoisotopic (exact) mass is 207 g/mol. The van der Waals surface area contributed by atoms with E-state index in [0.717, 1.165) is 22.7 Å². The number of nitrogens with zero attached hydrogens (tertiary/aromatic N) is 4. The highest BCUT2D eigenvalue weighted by atomic mass is 16.5. The summed E-state index contributed by atoms with van der Waals surface area (Å²) in [7, 11) is 0. The fraction of sp³-hybridized carbons (Fsp3) is 0.444. The van der Waals surface area contributed by atoms with Gasteiger partial charge in [-0.15, -0.1) is 5.10 Å². The molecular formula is C9H13N5O. The second kappa shape index (κ2) is 3.82. The molecule has 2 N–H and O–H groups in total. The lowest BCUT2D eigenvalue weighted by Crippen LogP contribution is -2.02. The Morgan fingerprint density at radius 3 is 2.80 bits per heavy atom. The van der Waals surface area contributed by atoms with Crippen LogP contribution in [0.25, 0.3) is 0 Å². The summed E-state index contributed by atoms with van der Waals surface area (Å²) < 4.78 is 6.80. The number of hydrogen-bond donors (Lipinski definition) is 1. The molecule has 0 bridgehead atoms. The fourth-order valence-corrected chi connectivity index (χ4v) is 1.40. The zero-order valence-electron chi connectivity index (χ0n) is 8.77. The van der Waals surface area contributed by atoms with Crippen molar-refractivity contribution < 1.29 is 4.52 Å². The smallest absolute Gasteiger partial charge is 0.138 e. The van der Waals surface area contributed by atoms with E-state index in [0.29, 0.717) is 13.1 Å². The Morgan fingerprint density at radius 2 is 2.27 bits per heavy atom. The third kappa shape index (κ3) is 1.89. The lowest BCUT2D eigenvalue weighted by atomic mass is 10.2. The lowest BCUT2D eigenvalue weighted by molar-refractivity contribution is 0.391. The van der Waals surface area contributed by atoms with Crippen LogP contribution in [0.4, 0.5) is 0 Å². The average Bonchev–Trinajstić information content (AvgIpc) is 2.80. The fourth-order valence-electron chi connectivity index (χ4n) is 1.40. The molecule has 0 unspecified atom stereocenters. The number of nitrogens with two attached hydrogens (primary N) is 1. The van der Waals surface area contributed by atoms with Crippen LogP contribution in [0.1, 0.15) is 22.7 Å². The minimum atomic E-state index is 0.404. The summed E-state index contributed by atoms with van der Waals surface area (Å²) in [6.07, 6.45) is 1.83. The molecule has 0 atom stereocenters. The molecule has 0 aliphatic heterocycles. The zero-order valence-corrected chi connectivity index (χ0v) is 8.77. The van der Waals surface area contributed by atoms with Gasteiger partial charge in [0.25, 0.3) is 0 Å². The summed E-state index contributed by atoms with van der Waals surface area (Å²) in [6.45, 7) is 4.82. The SMILES string of the molecule is Cc1noc(C)c1Cn1cc(CN)nn1. The molecule has 0 radical (unpaired) electrons. The first-order chi connectivity index (χ1) is 7.20. The summed E-state index contributed by atoms with van der Waals surface area (Å²) in [4.78, 5) is 0. The molecule has 0 aromatic carbocycles. The molecule has 0 amide bonds. The van der Waals surface area contributed by atoms with Crippen molar-refractivity contribution >= 4 is 0 Å². The van der Waals surface area contributed by atoms with Gasteiger partial charge in [0.05, 0.1) is 24.1 Å². The van der Waals surface area contributed by atoms with Gasteiger partial charge in [-0.3, -0.25) is 0 Å². The van der Waals surface area contributed by atoms with Crippen LogP contribution in [0.15, 0.2) is 10.7 Å². The minimum absolute atomic E-state index is 0.404. The third-order valence-electron chi connectivity index (χ3n) is 2.30. The molecule has 80 valence electrons. The van der Waals surface area contributed by atoms with E-state index in [4.69, 9.17) is 10.3 Å². The Bertz CT molecular complexity index is 439. The molecule has 0 saturated carbocycles. The van der Waals surface area contributed by atoms with E-state index in [1.807, 2.05) is 20.0 Å². The second-order valence-electron chi connectivity index (χ2n) is 3.41. The highest BCUT2D eigenvalue weighted by Gasteiger charge is 2.10. The van der Waals surface area contributed by atoms with Crippen molar-refractivity contribution in [2.45, 2.75) is 26.9 Å². The minimum Gasteiger partial charge on any atom is -0.361 e. The van der Waals surface area contributed by atoms with E-state index in [9.17, 15) is 0 Å². The maximum absolute atomic E-state index is 5.45. The third-order valence-corrected chi connectivity index (χ3v) is 2.30. The van der Waals surface area contributed by atoms with Crippen LogP contribution < -0.4 is 5.73 Å². The highest BCUT2D eigenvalue weighted by molar-refractivity contribution is 5.20. The van der Waals surface area contributed by atoms with Crippen LogP contribution in [0.5, 0.6) is 0 Å². The van der Waals surface area contributed by atoms with Crippen LogP contribution in [-0.2, 0) is 13.1 Å². The number of aryl methyl sites for hydroxylation is 2. The molecule has 0 spiro atoms. The Labute approximate surface area is 87.0 Å². The van der Waals surface area contributed by atoms with Gasteiger partial charge in [-0.05, 0) is 13.8 Å². The van der Waals surface area contributed by atoms with Crippen molar-refractivity contribution in [3.05, 3.63) is 28.9 Å². The molecule has 2 aromatic rings. The second-order valence-corrected chi connectivity index (χ2v) is 3.41. The van der Waals surface area contributed by atoms with E-state index < -0.39 is 0 Å². The maximum atomic E-state index is 5.45. The van der Waals surface area contributed by atoms with E-state index in [2.05, 4.69) is 15.5 Å². The molecule has 0 saturated heterocycles. The molecule has 2 heterocycles. The topological polar surface area (TPSA) is 82.8 Å². The molecule has 0 aliphatic rings. The molecule has 2 rings (SSSR count). The van der Waals surface area contributed by atoms with Gasteiger partial charge in [0.2, 0.25) is 0 Å². The van der Waals surface area contributed by atoms with Gasteiger partial charge in [0.1, 0.15) is 5.76 Å². The molecule has 6 nitrogen and oxygen atoms in total. The first kappa shape index (κ1) is 9.85. The maximum Gasteiger partial charge on any atom is 0.138 e. The Kier molecular flexibility index (Phi) is 2.51. The van der Waals surface area contributed by atoms with Gasteiger partial charge in [0.15, 0.2) is 0 Å². The van der Waals surface area contributed by atoms with Gasteiger partial charge in [-0.25, -0.2) is 4.68 Å². The van der Waals surface area contributed by atoms with E-state index in [1.165, 1.54) is 0 Å². The van der Waals surface area contributed by atoms with Crippen molar-refractivity contribution in [3.63, 3.8) is 0 Å². The standard InChI is InChI=1S/C9H13N5O/c1-6-9(7(2)15-12-6)5-14-4-8(3-10)11-13-14/h4H,3,5,10H2,1-2H3.